The van der Waals surface area contributed by atoms with Crippen LogP contribution in [0.15, 0.2) is 23.0 Å². The highest BCUT2D eigenvalue weighted by molar-refractivity contribution is 6.00. The van der Waals surface area contributed by atoms with Crippen LogP contribution in [0.25, 0.3) is 11.0 Å². The maximum Gasteiger partial charge on any atom is 0.407 e. The summed E-state index contributed by atoms with van der Waals surface area (Å²) in [7, 11) is 1.71. The van der Waals surface area contributed by atoms with Crippen LogP contribution in [0.1, 0.15) is 77.3 Å². The van der Waals surface area contributed by atoms with E-state index in [1.807, 2.05) is 39.0 Å². The number of alkyl carbamates (subject to hydrolysis) is 1. The summed E-state index contributed by atoms with van der Waals surface area (Å²) in [6, 6.07) is 5.27. The number of imide groups is 1. The number of amides is 3. The molecule has 0 spiro atoms. The average Bonchev–Trinajstić information content (AvgIpc) is 2.99. The van der Waals surface area contributed by atoms with Crippen LogP contribution < -0.4 is 16.3 Å². The smallest absolute Gasteiger partial charge is 0.407 e. The zero-order chi connectivity index (χ0) is 24.9. The Morgan fingerprint density at radius 1 is 1.09 bits per heavy atom. The van der Waals surface area contributed by atoms with E-state index in [9.17, 15) is 19.2 Å². The summed E-state index contributed by atoms with van der Waals surface area (Å²) in [6.07, 6.45) is 6.26. The van der Waals surface area contributed by atoms with Crippen molar-refractivity contribution in [3.63, 3.8) is 0 Å². The van der Waals surface area contributed by atoms with Gasteiger partial charge in [0.1, 0.15) is 11.6 Å². The summed E-state index contributed by atoms with van der Waals surface area (Å²) < 4.78 is 8.29. The van der Waals surface area contributed by atoms with Gasteiger partial charge in [0.25, 0.3) is 0 Å². The molecule has 1 unspecified atom stereocenters. The van der Waals surface area contributed by atoms with Gasteiger partial charge in [-0.15, -0.1) is 0 Å². The van der Waals surface area contributed by atoms with Gasteiger partial charge in [-0.2, -0.15) is 0 Å². The van der Waals surface area contributed by atoms with Crippen molar-refractivity contribution in [3.8, 4) is 0 Å². The molecule has 9 nitrogen and oxygen atoms in total. The molecule has 9 heteroatoms. The molecule has 0 bridgehead atoms. The Morgan fingerprint density at radius 3 is 2.50 bits per heavy atom. The van der Waals surface area contributed by atoms with Gasteiger partial charge in [0.05, 0.1) is 11.0 Å². The zero-order valence-electron chi connectivity index (χ0n) is 20.6. The number of unbranched alkanes of at least 4 members (excludes halogenated alkanes) is 4. The first-order valence-electron chi connectivity index (χ1n) is 12.1. The summed E-state index contributed by atoms with van der Waals surface area (Å²) >= 11 is 0. The molecule has 1 aliphatic rings. The second-order valence-electron chi connectivity index (χ2n) is 9.95. The topological polar surface area (TPSA) is 111 Å². The van der Waals surface area contributed by atoms with E-state index in [2.05, 4.69) is 10.6 Å². The number of rotatable bonds is 9. The van der Waals surface area contributed by atoms with Crippen LogP contribution in [0.4, 0.5) is 4.79 Å². The molecule has 3 amide bonds. The molecule has 2 aromatic rings. The number of imidazole rings is 1. The second kappa shape index (κ2) is 10.9. The van der Waals surface area contributed by atoms with Crippen molar-refractivity contribution in [2.24, 2.45) is 7.05 Å². The van der Waals surface area contributed by atoms with Gasteiger partial charge in [0, 0.05) is 20.0 Å². The van der Waals surface area contributed by atoms with Crippen molar-refractivity contribution >= 4 is 28.9 Å². The molecule has 2 heterocycles. The lowest BCUT2D eigenvalue weighted by Gasteiger charge is -2.21. The van der Waals surface area contributed by atoms with Gasteiger partial charge in [0.15, 0.2) is 0 Å². The predicted molar refractivity (Wildman–Crippen MR) is 130 cm³/mol. The van der Waals surface area contributed by atoms with E-state index in [0.29, 0.717) is 18.5 Å². The number of carbonyl (C=O) groups excluding carboxylic acids is 3. The number of benzene rings is 1. The molecule has 1 atom stereocenters. The normalized spacial score (nSPS) is 16.5. The fourth-order valence-electron chi connectivity index (χ4n) is 4.28. The SMILES string of the molecule is Cn1c(=O)n(C2CCC(=O)NC2=O)c2ccc(CCCCCCCNC(=O)OC(C)(C)C)cc21. The Hall–Kier alpha value is -3.10. The van der Waals surface area contributed by atoms with Gasteiger partial charge in [-0.1, -0.05) is 25.3 Å². The number of nitrogens with zero attached hydrogens (tertiary/aromatic N) is 2. The van der Waals surface area contributed by atoms with Crippen LogP contribution >= 0.6 is 0 Å². The van der Waals surface area contributed by atoms with Crippen molar-refractivity contribution < 1.29 is 19.1 Å². The van der Waals surface area contributed by atoms with Crippen LogP contribution in [0.2, 0.25) is 0 Å². The molecule has 0 saturated carbocycles. The average molecular weight is 473 g/mol. The largest absolute Gasteiger partial charge is 0.444 e. The van der Waals surface area contributed by atoms with Gasteiger partial charge in [0.2, 0.25) is 11.8 Å². The third-order valence-electron chi connectivity index (χ3n) is 5.99. The highest BCUT2D eigenvalue weighted by Gasteiger charge is 2.31. The minimum absolute atomic E-state index is 0.231. The summed E-state index contributed by atoms with van der Waals surface area (Å²) in [6.45, 7) is 6.15. The molecule has 1 aliphatic heterocycles. The number of ether oxygens (including phenoxy) is 1. The maximum atomic E-state index is 12.8. The van der Waals surface area contributed by atoms with Gasteiger partial charge in [-0.3, -0.25) is 24.0 Å². The van der Waals surface area contributed by atoms with E-state index in [0.717, 1.165) is 49.6 Å². The lowest BCUT2D eigenvalue weighted by atomic mass is 10.0. The Labute approximate surface area is 199 Å². The minimum Gasteiger partial charge on any atom is -0.444 e. The molecule has 2 N–H and O–H groups in total. The number of fused-ring (bicyclic) bond motifs is 1. The predicted octanol–water partition coefficient (Wildman–Crippen LogP) is 3.34. The summed E-state index contributed by atoms with van der Waals surface area (Å²) in [4.78, 5) is 48.2. The van der Waals surface area contributed by atoms with Gasteiger partial charge in [-0.25, -0.2) is 9.59 Å². The number of aryl methyl sites for hydroxylation is 2. The number of piperidine rings is 1. The monoisotopic (exact) mass is 472 g/mol. The number of nitrogens with one attached hydrogen (secondary N) is 2. The lowest BCUT2D eigenvalue weighted by molar-refractivity contribution is -0.135. The van der Waals surface area contributed by atoms with Crippen LogP contribution in [0.3, 0.4) is 0 Å². The quantitative estimate of drug-likeness (QED) is 0.430. The van der Waals surface area contributed by atoms with E-state index in [4.69, 9.17) is 4.74 Å². The first-order valence-corrected chi connectivity index (χ1v) is 12.1. The standard InChI is InChI=1S/C25H36N4O5/c1-25(2,3)34-23(32)26-15-9-7-5-6-8-10-17-11-12-18-20(16-17)28(4)24(33)29(18)19-13-14-21(30)27-22(19)31/h11-12,16,19H,5-10,13-15H2,1-4H3,(H,26,32)(H,27,30,31). The number of carbonyl (C=O) groups is 3. The van der Waals surface area contributed by atoms with Crippen LogP contribution in [-0.4, -0.2) is 39.2 Å². The van der Waals surface area contributed by atoms with Crippen molar-refractivity contribution in [1.82, 2.24) is 19.8 Å². The van der Waals surface area contributed by atoms with Gasteiger partial charge in [-0.05, 0) is 64.2 Å². The van der Waals surface area contributed by atoms with Crippen LogP contribution in [0.5, 0.6) is 0 Å². The van der Waals surface area contributed by atoms with E-state index in [1.165, 1.54) is 4.57 Å². The van der Waals surface area contributed by atoms with Crippen molar-refractivity contribution in [2.45, 2.75) is 83.8 Å². The molecule has 0 radical (unpaired) electrons. The third kappa shape index (κ3) is 6.48. The Morgan fingerprint density at radius 2 is 1.79 bits per heavy atom. The van der Waals surface area contributed by atoms with Crippen LogP contribution in [0, 0.1) is 0 Å². The Kier molecular flexibility index (Phi) is 8.17. The second-order valence-corrected chi connectivity index (χ2v) is 9.95. The number of hydrogen-bond donors (Lipinski definition) is 2. The summed E-state index contributed by atoms with van der Waals surface area (Å²) in [5, 5.41) is 5.11. The van der Waals surface area contributed by atoms with Crippen LogP contribution in [-0.2, 0) is 27.8 Å². The fourth-order valence-corrected chi connectivity index (χ4v) is 4.28. The Bertz CT molecular complexity index is 1110. The van der Waals surface area contributed by atoms with Crippen molar-refractivity contribution in [2.75, 3.05) is 6.54 Å². The summed E-state index contributed by atoms with van der Waals surface area (Å²) in [5.74, 6) is -0.715. The number of aromatic nitrogens is 2. The highest BCUT2D eigenvalue weighted by Crippen LogP contribution is 2.24. The first-order chi connectivity index (χ1) is 16.1. The molecule has 1 fully saturated rings. The molecule has 3 rings (SSSR count). The Balaban J connectivity index is 1.47. The van der Waals surface area contributed by atoms with E-state index in [1.54, 1.807) is 11.6 Å². The van der Waals surface area contributed by atoms with Crippen molar-refractivity contribution in [3.05, 3.63) is 34.2 Å². The van der Waals surface area contributed by atoms with Gasteiger partial charge < -0.3 is 10.1 Å². The first kappa shape index (κ1) is 25.5. The zero-order valence-corrected chi connectivity index (χ0v) is 20.6. The minimum atomic E-state index is -0.662. The highest BCUT2D eigenvalue weighted by atomic mass is 16.6. The van der Waals surface area contributed by atoms with Gasteiger partial charge >= 0.3 is 11.8 Å². The molecule has 186 valence electrons. The molecule has 34 heavy (non-hydrogen) atoms. The molecule has 1 aromatic heterocycles. The molecule has 0 aliphatic carbocycles. The van der Waals surface area contributed by atoms with E-state index >= 15 is 0 Å². The molecule has 1 saturated heterocycles. The molecular weight excluding hydrogens is 436 g/mol. The maximum absolute atomic E-state index is 12.8. The fraction of sp³-hybridized carbons (Fsp3) is 0.600. The molecule has 1 aromatic carbocycles. The third-order valence-corrected chi connectivity index (χ3v) is 5.99. The number of hydrogen-bond acceptors (Lipinski definition) is 5. The van der Waals surface area contributed by atoms with E-state index in [-0.39, 0.29) is 24.1 Å². The lowest BCUT2D eigenvalue weighted by Crippen LogP contribution is -2.44. The molecular formula is C25H36N4O5. The van der Waals surface area contributed by atoms with Crippen molar-refractivity contribution in [1.29, 1.82) is 0 Å². The van der Waals surface area contributed by atoms with E-state index < -0.39 is 17.6 Å². The summed E-state index contributed by atoms with van der Waals surface area (Å²) in [5.41, 5.74) is 1.92.